The second-order valence-corrected chi connectivity index (χ2v) is 13.7. The Kier molecular flexibility index (Phi) is 7.88. The third kappa shape index (κ3) is 4.50. The first-order valence-corrected chi connectivity index (χ1v) is 14.7. The molecule has 0 amide bonds. The molecule has 6 aliphatic carbocycles. The van der Waals surface area contributed by atoms with Crippen molar-refractivity contribution < 1.29 is 42.0 Å². The Balaban J connectivity index is 1.17. The molecule has 7 unspecified atom stereocenters. The van der Waals surface area contributed by atoms with Gasteiger partial charge in [-0.3, -0.25) is 10.1 Å². The van der Waals surface area contributed by atoms with Crippen LogP contribution in [0.2, 0.25) is 0 Å². The number of esters is 1. The first-order chi connectivity index (χ1) is 17.9. The zero-order valence-corrected chi connectivity index (χ0v) is 22.9. The van der Waals surface area contributed by atoms with Gasteiger partial charge in [-0.25, -0.2) is 9.28 Å². The predicted molar refractivity (Wildman–Crippen MR) is 132 cm³/mol. The highest BCUT2D eigenvalue weighted by molar-refractivity contribution is 5.79. The molecule has 6 bridgehead atoms. The fourth-order valence-electron chi connectivity index (χ4n) is 9.90. The van der Waals surface area contributed by atoms with Gasteiger partial charge in [0.05, 0.1) is 12.7 Å². The van der Waals surface area contributed by atoms with Gasteiger partial charge in [-0.2, -0.15) is 13.2 Å². The Morgan fingerprint density at radius 3 is 2.00 bits per heavy atom. The zero-order valence-electron chi connectivity index (χ0n) is 22.9. The number of hydrogen-bond donors (Lipinski definition) is 1. The van der Waals surface area contributed by atoms with E-state index in [2.05, 4.69) is 6.92 Å². The van der Waals surface area contributed by atoms with Crippen molar-refractivity contribution in [3.8, 4) is 0 Å². The van der Waals surface area contributed by atoms with E-state index >= 15 is 0 Å². The van der Waals surface area contributed by atoms with Gasteiger partial charge in [0.15, 0.2) is 5.41 Å². The molecule has 0 spiro atoms. The number of rotatable bonds is 11. The number of alkyl halides is 4. The summed E-state index contributed by atoms with van der Waals surface area (Å²) in [6, 6.07) is 0. The number of hydrogen-bond acceptors (Lipinski definition) is 5. The van der Waals surface area contributed by atoms with Crippen molar-refractivity contribution >= 4 is 5.97 Å². The van der Waals surface area contributed by atoms with Crippen molar-refractivity contribution in [2.24, 2.45) is 58.2 Å². The summed E-state index contributed by atoms with van der Waals surface area (Å²) in [5, 5.41) is 10.1. The predicted octanol–water partition coefficient (Wildman–Crippen LogP) is 6.85. The van der Waals surface area contributed by atoms with Crippen LogP contribution in [-0.2, 0) is 19.2 Å². The van der Waals surface area contributed by atoms with Gasteiger partial charge in [-0.1, -0.05) is 27.2 Å². The van der Waals surface area contributed by atoms with Gasteiger partial charge in [0, 0.05) is 5.41 Å². The molecular weight excluding hydrogens is 504 g/mol. The lowest BCUT2D eigenvalue weighted by molar-refractivity contribution is -0.343. The maximum Gasteiger partial charge on any atom is 0.405 e. The topological polar surface area (TPSA) is 65.0 Å². The summed E-state index contributed by atoms with van der Waals surface area (Å²) in [5.74, 6) is -0.0895. The van der Waals surface area contributed by atoms with E-state index in [1.807, 2.05) is 13.8 Å². The highest BCUT2D eigenvalue weighted by atomic mass is 19.4. The highest BCUT2D eigenvalue weighted by Gasteiger charge is 2.70. The number of ether oxygens (including phenoxy) is 2. The Bertz CT molecular complexity index is 836. The molecule has 5 nitrogen and oxygen atoms in total. The van der Waals surface area contributed by atoms with Gasteiger partial charge >= 0.3 is 12.1 Å². The molecule has 0 saturated heterocycles. The Labute approximate surface area is 223 Å². The number of carbonyl (C=O) groups is 1. The zero-order chi connectivity index (χ0) is 27.5. The minimum atomic E-state index is -4.65. The van der Waals surface area contributed by atoms with Gasteiger partial charge in [-0.05, 0) is 98.7 Å². The lowest BCUT2D eigenvalue weighted by atomic mass is 9.43. The molecule has 6 rings (SSSR count). The van der Waals surface area contributed by atoms with Crippen molar-refractivity contribution in [2.45, 2.75) is 96.9 Å². The van der Waals surface area contributed by atoms with E-state index in [0.717, 1.165) is 43.9 Å². The molecule has 0 aromatic carbocycles. The van der Waals surface area contributed by atoms with Gasteiger partial charge in [0.1, 0.15) is 19.4 Å². The molecule has 218 valence electrons. The first-order valence-electron chi connectivity index (χ1n) is 14.7. The quantitative estimate of drug-likeness (QED) is 0.101. The fraction of sp³-hybridized carbons (Fsp3) is 0.966. The number of halogens is 4. The third-order valence-corrected chi connectivity index (χ3v) is 12.0. The molecule has 0 aromatic rings. The van der Waals surface area contributed by atoms with E-state index in [0.29, 0.717) is 24.7 Å². The molecule has 0 heterocycles. The van der Waals surface area contributed by atoms with Crippen molar-refractivity contribution in [1.82, 2.24) is 0 Å². The van der Waals surface area contributed by atoms with Crippen LogP contribution in [0.4, 0.5) is 17.6 Å². The molecule has 38 heavy (non-hydrogen) atoms. The largest absolute Gasteiger partial charge is 0.463 e. The Morgan fingerprint density at radius 1 is 0.921 bits per heavy atom. The summed E-state index contributed by atoms with van der Waals surface area (Å²) in [5.41, 5.74) is -2.62. The van der Waals surface area contributed by atoms with Crippen LogP contribution in [0.25, 0.3) is 0 Å². The molecule has 6 aliphatic rings. The van der Waals surface area contributed by atoms with Gasteiger partial charge in [0.2, 0.25) is 0 Å². The van der Waals surface area contributed by atoms with E-state index in [4.69, 9.17) is 14.4 Å². The molecule has 0 aromatic heterocycles. The van der Waals surface area contributed by atoms with Crippen LogP contribution in [-0.4, -0.2) is 49.5 Å². The molecule has 6 fully saturated rings. The van der Waals surface area contributed by atoms with Crippen LogP contribution in [0.5, 0.6) is 0 Å². The average molecular weight is 549 g/mol. The summed E-state index contributed by atoms with van der Waals surface area (Å²) < 4.78 is 67.0. The Morgan fingerprint density at radius 2 is 1.53 bits per heavy atom. The van der Waals surface area contributed by atoms with Crippen molar-refractivity contribution in [2.75, 3.05) is 19.9 Å². The Hall–Kier alpha value is -0.930. The van der Waals surface area contributed by atoms with Gasteiger partial charge < -0.3 is 9.47 Å². The van der Waals surface area contributed by atoms with Crippen LogP contribution < -0.4 is 0 Å². The first kappa shape index (κ1) is 28.6. The van der Waals surface area contributed by atoms with E-state index in [9.17, 15) is 27.6 Å². The molecule has 9 heteroatoms. The maximum atomic E-state index is 14.1. The maximum absolute atomic E-state index is 14.1. The van der Waals surface area contributed by atoms with Crippen molar-refractivity contribution in [3.63, 3.8) is 0 Å². The van der Waals surface area contributed by atoms with Gasteiger partial charge in [0.25, 0.3) is 0 Å². The molecule has 0 aliphatic heterocycles. The van der Waals surface area contributed by atoms with Crippen LogP contribution in [0.15, 0.2) is 0 Å². The lowest BCUT2D eigenvalue weighted by Gasteiger charge is -2.62. The second kappa shape index (κ2) is 10.5. The minimum Gasteiger partial charge on any atom is -0.463 e. The van der Waals surface area contributed by atoms with Crippen LogP contribution in [0.1, 0.15) is 78.6 Å². The van der Waals surface area contributed by atoms with Crippen LogP contribution in [0, 0.1) is 58.2 Å². The van der Waals surface area contributed by atoms with Crippen molar-refractivity contribution in [3.05, 3.63) is 0 Å². The summed E-state index contributed by atoms with van der Waals surface area (Å²) in [7, 11) is 0. The SMILES string of the molecule is CC(C(CF)OCCOC(=O)C1(C(F)(F)F)CC2CCC1C2)C(C)C(OO)C1(C)C2CC3CC(C2)CC1C3. The molecule has 0 radical (unpaired) electrons. The standard InChI is InChI=1S/C29H44F4O5/c1-16(17(2)25(38-35)27(3)22-10-19-8-20(12-22)13-23(27)11-19)24(15-30)36-6-7-37-26(34)28(29(31,32)33)14-18-4-5-21(28)9-18/h16-25,35H,4-15H2,1-3H3. The van der Waals surface area contributed by atoms with Crippen LogP contribution in [0.3, 0.4) is 0 Å². The molecule has 7 atom stereocenters. The van der Waals surface area contributed by atoms with Crippen molar-refractivity contribution in [1.29, 1.82) is 0 Å². The summed E-state index contributed by atoms with van der Waals surface area (Å²) in [6.45, 7) is 4.71. The van der Waals surface area contributed by atoms with E-state index in [1.165, 1.54) is 6.42 Å². The summed E-state index contributed by atoms with van der Waals surface area (Å²) in [4.78, 5) is 17.9. The average Bonchev–Trinajstić information content (AvgIpc) is 3.49. The van der Waals surface area contributed by atoms with Crippen LogP contribution >= 0.6 is 0 Å². The molecule has 6 saturated carbocycles. The van der Waals surface area contributed by atoms with E-state index in [1.54, 1.807) is 0 Å². The number of carbonyl (C=O) groups excluding carboxylic acids is 1. The highest BCUT2D eigenvalue weighted by Crippen LogP contribution is 2.65. The van der Waals surface area contributed by atoms with Gasteiger partial charge in [-0.15, -0.1) is 0 Å². The lowest BCUT2D eigenvalue weighted by Crippen LogP contribution is -2.59. The smallest absolute Gasteiger partial charge is 0.405 e. The number of fused-ring (bicyclic) bond motifs is 2. The summed E-state index contributed by atoms with van der Waals surface area (Å²) in [6.07, 6.45) is 1.30. The molecular formula is C29H44F4O5. The normalized spacial score (nSPS) is 42.7. The third-order valence-electron chi connectivity index (χ3n) is 12.0. The second-order valence-electron chi connectivity index (χ2n) is 13.7. The minimum absolute atomic E-state index is 0.0817. The summed E-state index contributed by atoms with van der Waals surface area (Å²) >= 11 is 0. The molecule has 1 N–H and O–H groups in total. The van der Waals surface area contributed by atoms with E-state index < -0.39 is 42.4 Å². The van der Waals surface area contributed by atoms with E-state index in [-0.39, 0.29) is 42.8 Å². The fourth-order valence-corrected chi connectivity index (χ4v) is 9.90. The monoisotopic (exact) mass is 548 g/mol.